The van der Waals surface area contributed by atoms with Crippen molar-refractivity contribution in [1.82, 2.24) is 19.6 Å². The molecule has 0 spiro atoms. The fraction of sp³-hybridized carbons (Fsp3) is 0.0833. The zero-order valence-corrected chi connectivity index (χ0v) is 10.4. The van der Waals surface area contributed by atoms with Crippen molar-refractivity contribution < 1.29 is 4.39 Å². The number of aromatic nitrogens is 4. The predicted octanol–water partition coefficient (Wildman–Crippen LogP) is 2.72. The van der Waals surface area contributed by atoms with Crippen LogP contribution < -0.4 is 0 Å². The third kappa shape index (κ3) is 2.06. The molecule has 0 unspecified atom stereocenters. The van der Waals surface area contributed by atoms with Crippen molar-refractivity contribution in [3.8, 4) is 0 Å². The highest BCUT2D eigenvalue weighted by Gasteiger charge is 2.07. The lowest BCUT2D eigenvalue weighted by atomic mass is 10.4. The Labute approximate surface area is 107 Å². The van der Waals surface area contributed by atoms with Gasteiger partial charge in [-0.1, -0.05) is 11.8 Å². The molecule has 1 aromatic carbocycles. The van der Waals surface area contributed by atoms with Crippen LogP contribution in [-0.2, 0) is 0 Å². The standard InChI is InChI=1S/C12H9FN4S/c1-8-6-11(17-12(16-8)14-7-15-17)18-10-4-2-9(13)3-5-10/h2-7H,1H3. The van der Waals surface area contributed by atoms with Gasteiger partial charge in [0.25, 0.3) is 5.78 Å². The Bertz CT molecular complexity index is 693. The molecule has 0 aliphatic rings. The van der Waals surface area contributed by atoms with Crippen LogP contribution >= 0.6 is 11.8 Å². The molecule has 0 N–H and O–H groups in total. The first-order valence-electron chi connectivity index (χ1n) is 5.33. The number of benzene rings is 1. The Balaban J connectivity index is 2.03. The van der Waals surface area contributed by atoms with Crippen molar-refractivity contribution in [3.63, 3.8) is 0 Å². The predicted molar refractivity (Wildman–Crippen MR) is 66.0 cm³/mol. The lowest BCUT2D eigenvalue weighted by molar-refractivity contribution is 0.626. The summed E-state index contributed by atoms with van der Waals surface area (Å²) in [7, 11) is 0. The van der Waals surface area contributed by atoms with Gasteiger partial charge in [0.15, 0.2) is 0 Å². The van der Waals surface area contributed by atoms with Gasteiger partial charge >= 0.3 is 0 Å². The van der Waals surface area contributed by atoms with Gasteiger partial charge in [-0.15, -0.1) is 0 Å². The van der Waals surface area contributed by atoms with Gasteiger partial charge in [-0.3, -0.25) is 0 Å². The number of rotatable bonds is 2. The summed E-state index contributed by atoms with van der Waals surface area (Å²) in [4.78, 5) is 9.27. The van der Waals surface area contributed by atoms with Gasteiger partial charge in [0, 0.05) is 10.6 Å². The van der Waals surface area contributed by atoms with Gasteiger partial charge in [0.05, 0.1) is 0 Å². The lowest BCUT2D eigenvalue weighted by Gasteiger charge is -2.04. The van der Waals surface area contributed by atoms with E-state index in [-0.39, 0.29) is 5.82 Å². The summed E-state index contributed by atoms with van der Waals surface area (Å²) in [5, 5.41) is 5.03. The quantitative estimate of drug-likeness (QED) is 0.664. The highest BCUT2D eigenvalue weighted by Crippen LogP contribution is 2.27. The fourth-order valence-corrected chi connectivity index (χ4v) is 2.55. The van der Waals surface area contributed by atoms with Gasteiger partial charge in [0.2, 0.25) is 0 Å². The van der Waals surface area contributed by atoms with Gasteiger partial charge in [-0.25, -0.2) is 9.37 Å². The molecule has 0 radical (unpaired) electrons. The molecule has 6 heteroatoms. The van der Waals surface area contributed by atoms with Crippen molar-refractivity contribution in [1.29, 1.82) is 0 Å². The Hall–Kier alpha value is -1.95. The van der Waals surface area contributed by atoms with Crippen LogP contribution in [0, 0.1) is 12.7 Å². The number of halogens is 1. The molecule has 90 valence electrons. The summed E-state index contributed by atoms with van der Waals surface area (Å²) in [5.41, 5.74) is 0.875. The second-order valence-electron chi connectivity index (χ2n) is 3.76. The Morgan fingerprint density at radius 2 is 2.00 bits per heavy atom. The maximum atomic E-state index is 12.8. The van der Waals surface area contributed by atoms with Crippen LogP contribution in [0.15, 0.2) is 46.6 Å². The molecule has 18 heavy (non-hydrogen) atoms. The number of fused-ring (bicyclic) bond motifs is 1. The SMILES string of the molecule is Cc1cc(Sc2ccc(F)cc2)n2ncnc2n1. The van der Waals surface area contributed by atoms with E-state index in [1.165, 1.54) is 30.2 Å². The van der Waals surface area contributed by atoms with E-state index < -0.39 is 0 Å². The normalized spacial score (nSPS) is 11.0. The second kappa shape index (κ2) is 4.38. The highest BCUT2D eigenvalue weighted by molar-refractivity contribution is 7.99. The molecule has 0 amide bonds. The number of nitrogens with zero attached hydrogens (tertiary/aromatic N) is 4. The third-order valence-electron chi connectivity index (χ3n) is 2.38. The van der Waals surface area contributed by atoms with E-state index in [0.717, 1.165) is 15.6 Å². The van der Waals surface area contributed by atoms with E-state index in [0.29, 0.717) is 5.78 Å². The monoisotopic (exact) mass is 260 g/mol. The maximum Gasteiger partial charge on any atom is 0.253 e. The van der Waals surface area contributed by atoms with Gasteiger partial charge in [0.1, 0.15) is 17.2 Å². The fourth-order valence-electron chi connectivity index (χ4n) is 1.59. The largest absolute Gasteiger partial charge is 0.253 e. The first-order chi connectivity index (χ1) is 8.72. The number of hydrogen-bond donors (Lipinski definition) is 0. The molecule has 0 fully saturated rings. The van der Waals surface area contributed by atoms with E-state index >= 15 is 0 Å². The van der Waals surface area contributed by atoms with Crippen LogP contribution in [-0.4, -0.2) is 19.6 Å². The smallest absolute Gasteiger partial charge is 0.216 e. The summed E-state index contributed by atoms with van der Waals surface area (Å²) >= 11 is 1.50. The van der Waals surface area contributed by atoms with Crippen LogP contribution in [0.2, 0.25) is 0 Å². The van der Waals surface area contributed by atoms with E-state index in [1.54, 1.807) is 16.6 Å². The molecule has 2 heterocycles. The molecule has 3 aromatic rings. The average Bonchev–Trinajstić information content (AvgIpc) is 2.80. The Morgan fingerprint density at radius 3 is 2.78 bits per heavy atom. The molecule has 0 aliphatic carbocycles. The van der Waals surface area contributed by atoms with E-state index in [9.17, 15) is 4.39 Å². The minimum Gasteiger partial charge on any atom is -0.216 e. The van der Waals surface area contributed by atoms with Crippen molar-refractivity contribution >= 4 is 17.5 Å². The molecule has 0 aliphatic heterocycles. The van der Waals surface area contributed by atoms with Crippen LogP contribution in [0.4, 0.5) is 4.39 Å². The van der Waals surface area contributed by atoms with Crippen LogP contribution in [0.1, 0.15) is 5.69 Å². The minimum absolute atomic E-state index is 0.240. The number of aryl methyl sites for hydroxylation is 1. The van der Waals surface area contributed by atoms with Crippen molar-refractivity contribution in [2.75, 3.05) is 0 Å². The summed E-state index contributed by atoms with van der Waals surface area (Å²) in [6.45, 7) is 1.91. The second-order valence-corrected chi connectivity index (χ2v) is 4.86. The molecular formula is C12H9FN4S. The molecule has 0 atom stereocenters. The lowest BCUT2D eigenvalue weighted by Crippen LogP contribution is -1.97. The minimum atomic E-state index is -0.240. The summed E-state index contributed by atoms with van der Waals surface area (Å²) in [6.07, 6.45) is 1.47. The molecular weight excluding hydrogens is 251 g/mol. The summed E-state index contributed by atoms with van der Waals surface area (Å²) in [5.74, 6) is 0.329. The van der Waals surface area contributed by atoms with Gasteiger partial charge < -0.3 is 0 Å². The Kier molecular flexibility index (Phi) is 2.71. The van der Waals surface area contributed by atoms with E-state index in [2.05, 4.69) is 15.1 Å². The van der Waals surface area contributed by atoms with Gasteiger partial charge in [-0.2, -0.15) is 14.6 Å². The Morgan fingerprint density at radius 1 is 1.22 bits per heavy atom. The van der Waals surface area contributed by atoms with E-state index in [1.807, 2.05) is 13.0 Å². The topological polar surface area (TPSA) is 43.1 Å². The third-order valence-corrected chi connectivity index (χ3v) is 3.39. The maximum absolute atomic E-state index is 12.8. The average molecular weight is 260 g/mol. The van der Waals surface area contributed by atoms with Crippen molar-refractivity contribution in [2.24, 2.45) is 0 Å². The van der Waals surface area contributed by atoms with Crippen LogP contribution in [0.25, 0.3) is 5.78 Å². The molecule has 3 rings (SSSR count). The van der Waals surface area contributed by atoms with Crippen molar-refractivity contribution in [3.05, 3.63) is 48.2 Å². The van der Waals surface area contributed by atoms with Gasteiger partial charge in [-0.05, 0) is 37.3 Å². The molecule has 0 bridgehead atoms. The first-order valence-corrected chi connectivity index (χ1v) is 6.15. The van der Waals surface area contributed by atoms with Crippen LogP contribution in [0.3, 0.4) is 0 Å². The molecule has 4 nitrogen and oxygen atoms in total. The van der Waals surface area contributed by atoms with E-state index in [4.69, 9.17) is 0 Å². The van der Waals surface area contributed by atoms with Crippen molar-refractivity contribution in [2.45, 2.75) is 16.8 Å². The molecule has 0 saturated carbocycles. The summed E-state index contributed by atoms with van der Waals surface area (Å²) in [6, 6.07) is 8.27. The molecule has 0 saturated heterocycles. The first kappa shape index (κ1) is 11.2. The summed E-state index contributed by atoms with van der Waals surface area (Å²) < 4.78 is 14.5. The highest BCUT2D eigenvalue weighted by atomic mass is 32.2. The zero-order chi connectivity index (χ0) is 12.5. The van der Waals surface area contributed by atoms with Crippen LogP contribution in [0.5, 0.6) is 0 Å². The molecule has 2 aromatic heterocycles. The number of hydrogen-bond acceptors (Lipinski definition) is 4. The zero-order valence-electron chi connectivity index (χ0n) is 9.54.